The van der Waals surface area contributed by atoms with Gasteiger partial charge in [-0.2, -0.15) is 0 Å². The van der Waals surface area contributed by atoms with Crippen molar-refractivity contribution in [3.05, 3.63) is 0 Å². The first-order valence-corrected chi connectivity index (χ1v) is 6.79. The Hall–Kier alpha value is -0.0800. The number of rotatable bonds is 8. The molecular formula is C13H28N2. The quantitative estimate of drug-likeness (QED) is 0.665. The minimum Gasteiger partial charge on any atom is -0.316 e. The van der Waals surface area contributed by atoms with Crippen LogP contribution in [0.2, 0.25) is 0 Å². The molecule has 0 aromatic carbocycles. The molecule has 0 bridgehead atoms. The Labute approximate surface area is 95.4 Å². The minimum atomic E-state index is 0.968. The van der Waals surface area contributed by atoms with Crippen LogP contribution in [0.5, 0.6) is 0 Å². The number of hydrogen-bond acceptors (Lipinski definition) is 2. The molecule has 2 nitrogen and oxygen atoms in total. The summed E-state index contributed by atoms with van der Waals surface area (Å²) in [6.45, 7) is 11.0. The van der Waals surface area contributed by atoms with E-state index in [1.165, 1.54) is 64.8 Å². The molecule has 0 spiro atoms. The van der Waals surface area contributed by atoms with Crippen molar-refractivity contribution in [1.82, 2.24) is 10.2 Å². The minimum absolute atomic E-state index is 0.968. The van der Waals surface area contributed by atoms with Gasteiger partial charge in [-0.3, -0.25) is 0 Å². The third kappa shape index (κ3) is 5.53. The molecule has 0 aromatic heterocycles. The summed E-state index contributed by atoms with van der Waals surface area (Å²) in [7, 11) is 0. The van der Waals surface area contributed by atoms with Crippen molar-refractivity contribution in [2.45, 2.75) is 46.0 Å². The molecule has 1 rings (SSSR count). The third-order valence-corrected chi connectivity index (χ3v) is 3.33. The topological polar surface area (TPSA) is 15.3 Å². The number of nitrogens with one attached hydrogen (secondary N) is 1. The van der Waals surface area contributed by atoms with E-state index in [9.17, 15) is 0 Å². The predicted molar refractivity (Wildman–Crippen MR) is 67.2 cm³/mol. The molecule has 90 valence electrons. The van der Waals surface area contributed by atoms with Gasteiger partial charge in [0.1, 0.15) is 0 Å². The van der Waals surface area contributed by atoms with Gasteiger partial charge in [0.05, 0.1) is 0 Å². The van der Waals surface area contributed by atoms with Gasteiger partial charge >= 0.3 is 0 Å². The maximum Gasteiger partial charge on any atom is -0.00186 e. The van der Waals surface area contributed by atoms with Gasteiger partial charge in [-0.1, -0.05) is 13.8 Å². The SMILES string of the molecule is CCCN(CCC)CCCC1CCNC1. The van der Waals surface area contributed by atoms with Crippen LogP contribution in [-0.2, 0) is 0 Å². The Morgan fingerprint density at radius 2 is 1.87 bits per heavy atom. The molecule has 0 aliphatic carbocycles. The normalized spacial score (nSPS) is 21.4. The van der Waals surface area contributed by atoms with Crippen molar-refractivity contribution in [1.29, 1.82) is 0 Å². The molecule has 1 heterocycles. The fourth-order valence-corrected chi connectivity index (χ4v) is 2.53. The van der Waals surface area contributed by atoms with Crippen molar-refractivity contribution in [2.24, 2.45) is 5.92 Å². The molecule has 0 amide bonds. The summed E-state index contributed by atoms with van der Waals surface area (Å²) in [4.78, 5) is 2.63. The summed E-state index contributed by atoms with van der Waals surface area (Å²) in [6.07, 6.45) is 6.82. The van der Waals surface area contributed by atoms with Crippen LogP contribution in [0.1, 0.15) is 46.0 Å². The molecule has 0 radical (unpaired) electrons. The van der Waals surface area contributed by atoms with E-state index in [2.05, 4.69) is 24.1 Å². The molecule has 1 fully saturated rings. The molecule has 15 heavy (non-hydrogen) atoms. The van der Waals surface area contributed by atoms with Crippen LogP contribution in [-0.4, -0.2) is 37.6 Å². The third-order valence-electron chi connectivity index (χ3n) is 3.33. The van der Waals surface area contributed by atoms with Crippen LogP contribution in [0.25, 0.3) is 0 Å². The fraction of sp³-hybridized carbons (Fsp3) is 1.00. The zero-order valence-electron chi connectivity index (χ0n) is 10.6. The van der Waals surface area contributed by atoms with Gasteiger partial charge in [-0.25, -0.2) is 0 Å². The van der Waals surface area contributed by atoms with E-state index >= 15 is 0 Å². The number of hydrogen-bond donors (Lipinski definition) is 1. The highest BCUT2D eigenvalue weighted by Crippen LogP contribution is 2.14. The van der Waals surface area contributed by atoms with E-state index in [-0.39, 0.29) is 0 Å². The van der Waals surface area contributed by atoms with Crippen LogP contribution < -0.4 is 5.32 Å². The van der Waals surface area contributed by atoms with Crippen molar-refractivity contribution in [3.63, 3.8) is 0 Å². The first kappa shape index (κ1) is 13.0. The molecule has 1 aliphatic rings. The highest BCUT2D eigenvalue weighted by atomic mass is 15.1. The molecule has 1 N–H and O–H groups in total. The van der Waals surface area contributed by atoms with Crippen LogP contribution in [0.3, 0.4) is 0 Å². The van der Waals surface area contributed by atoms with Crippen LogP contribution >= 0.6 is 0 Å². The predicted octanol–water partition coefficient (Wildman–Crippen LogP) is 2.50. The van der Waals surface area contributed by atoms with E-state index in [0.717, 1.165) is 5.92 Å². The zero-order valence-corrected chi connectivity index (χ0v) is 10.6. The lowest BCUT2D eigenvalue weighted by Crippen LogP contribution is -2.27. The summed E-state index contributed by atoms with van der Waals surface area (Å²) in [6, 6.07) is 0. The average molecular weight is 212 g/mol. The second kappa shape index (κ2) is 8.12. The maximum absolute atomic E-state index is 3.45. The van der Waals surface area contributed by atoms with E-state index in [0.29, 0.717) is 0 Å². The summed E-state index contributed by atoms with van der Waals surface area (Å²) < 4.78 is 0. The van der Waals surface area contributed by atoms with E-state index in [1.54, 1.807) is 0 Å². The molecule has 0 aromatic rings. The molecule has 1 saturated heterocycles. The Bertz CT molecular complexity index is 135. The Balaban J connectivity index is 2.04. The lowest BCUT2D eigenvalue weighted by molar-refractivity contribution is 0.262. The summed E-state index contributed by atoms with van der Waals surface area (Å²) in [5.74, 6) is 0.968. The standard InChI is InChI=1S/C13H28N2/c1-3-9-15(10-4-2)11-5-6-13-7-8-14-12-13/h13-14H,3-12H2,1-2H3. The van der Waals surface area contributed by atoms with Crippen molar-refractivity contribution >= 4 is 0 Å². The molecule has 0 saturated carbocycles. The molecule has 1 aliphatic heterocycles. The van der Waals surface area contributed by atoms with Crippen molar-refractivity contribution in [2.75, 3.05) is 32.7 Å². The second-order valence-electron chi connectivity index (χ2n) is 4.84. The van der Waals surface area contributed by atoms with Crippen LogP contribution in [0.15, 0.2) is 0 Å². The van der Waals surface area contributed by atoms with Gasteiger partial charge in [0, 0.05) is 0 Å². The fourth-order valence-electron chi connectivity index (χ4n) is 2.53. The van der Waals surface area contributed by atoms with Crippen LogP contribution in [0, 0.1) is 5.92 Å². The van der Waals surface area contributed by atoms with Crippen molar-refractivity contribution in [3.8, 4) is 0 Å². The summed E-state index contributed by atoms with van der Waals surface area (Å²) >= 11 is 0. The Morgan fingerprint density at radius 3 is 2.40 bits per heavy atom. The molecular weight excluding hydrogens is 184 g/mol. The second-order valence-corrected chi connectivity index (χ2v) is 4.84. The average Bonchev–Trinajstić information content (AvgIpc) is 2.71. The van der Waals surface area contributed by atoms with E-state index < -0.39 is 0 Å². The van der Waals surface area contributed by atoms with E-state index in [1.807, 2.05) is 0 Å². The highest BCUT2D eigenvalue weighted by molar-refractivity contribution is 4.71. The maximum atomic E-state index is 3.45. The van der Waals surface area contributed by atoms with Crippen LogP contribution in [0.4, 0.5) is 0 Å². The van der Waals surface area contributed by atoms with Gasteiger partial charge in [0.25, 0.3) is 0 Å². The first-order chi connectivity index (χ1) is 7.36. The van der Waals surface area contributed by atoms with Gasteiger partial charge in [-0.15, -0.1) is 0 Å². The van der Waals surface area contributed by atoms with Gasteiger partial charge in [-0.05, 0) is 70.7 Å². The summed E-state index contributed by atoms with van der Waals surface area (Å²) in [5, 5.41) is 3.45. The smallest absolute Gasteiger partial charge is 0.00186 e. The molecule has 2 heteroatoms. The Kier molecular flexibility index (Phi) is 7.03. The molecule has 1 atom stereocenters. The monoisotopic (exact) mass is 212 g/mol. The van der Waals surface area contributed by atoms with Gasteiger partial charge in [0.2, 0.25) is 0 Å². The zero-order chi connectivity index (χ0) is 10.9. The Morgan fingerprint density at radius 1 is 1.13 bits per heavy atom. The van der Waals surface area contributed by atoms with Gasteiger partial charge in [0.15, 0.2) is 0 Å². The highest BCUT2D eigenvalue weighted by Gasteiger charge is 2.14. The lowest BCUT2D eigenvalue weighted by atomic mass is 10.0. The molecule has 1 unspecified atom stereocenters. The number of nitrogens with zero attached hydrogens (tertiary/aromatic N) is 1. The first-order valence-electron chi connectivity index (χ1n) is 6.79. The lowest BCUT2D eigenvalue weighted by Gasteiger charge is -2.21. The van der Waals surface area contributed by atoms with Gasteiger partial charge < -0.3 is 10.2 Å². The summed E-state index contributed by atoms with van der Waals surface area (Å²) in [5.41, 5.74) is 0. The van der Waals surface area contributed by atoms with E-state index in [4.69, 9.17) is 0 Å². The largest absolute Gasteiger partial charge is 0.316 e. The van der Waals surface area contributed by atoms with Crippen molar-refractivity contribution < 1.29 is 0 Å².